The van der Waals surface area contributed by atoms with Crippen molar-refractivity contribution in [3.63, 3.8) is 0 Å². The van der Waals surface area contributed by atoms with Crippen LogP contribution in [0.5, 0.6) is 23.0 Å². The van der Waals surface area contributed by atoms with Gasteiger partial charge in [0.2, 0.25) is 23.0 Å². The van der Waals surface area contributed by atoms with Crippen molar-refractivity contribution in [2.45, 2.75) is 19.2 Å². The van der Waals surface area contributed by atoms with Gasteiger partial charge in [-0.2, -0.15) is 13.2 Å². The summed E-state index contributed by atoms with van der Waals surface area (Å²) in [6, 6.07) is 1.21. The summed E-state index contributed by atoms with van der Waals surface area (Å²) in [7, 11) is 0. The molecule has 0 amide bonds. The lowest BCUT2D eigenvalue weighted by Gasteiger charge is -2.13. The van der Waals surface area contributed by atoms with Crippen LogP contribution in [0.1, 0.15) is 40.3 Å². The molecule has 0 radical (unpaired) electrons. The molecule has 2 heterocycles. The molecule has 13 heteroatoms. The number of rotatable bonds is 3. The van der Waals surface area contributed by atoms with E-state index in [2.05, 4.69) is 20.9 Å². The third-order valence-corrected chi connectivity index (χ3v) is 4.90. The summed E-state index contributed by atoms with van der Waals surface area (Å²) < 4.78 is 39.6. The molecule has 3 aromatic rings. The van der Waals surface area contributed by atoms with E-state index in [1.54, 1.807) is 0 Å². The van der Waals surface area contributed by atoms with Gasteiger partial charge in [0.25, 0.3) is 0 Å². The fourth-order valence-electron chi connectivity index (χ4n) is 2.88. The summed E-state index contributed by atoms with van der Waals surface area (Å²) in [5.41, 5.74) is -5.19. The lowest BCUT2D eigenvalue weighted by molar-refractivity contribution is -0.138. The number of alkyl halides is 3. The van der Waals surface area contributed by atoms with E-state index in [0.29, 0.717) is 10.5 Å². The summed E-state index contributed by atoms with van der Waals surface area (Å²) >= 11 is 2.72. The van der Waals surface area contributed by atoms with Crippen LogP contribution in [0.15, 0.2) is 21.4 Å². The minimum atomic E-state index is -5.02. The summed E-state index contributed by atoms with van der Waals surface area (Å²) in [5.74, 6) is -5.92. The number of halogens is 4. The summed E-state index contributed by atoms with van der Waals surface area (Å²) in [5, 5.41) is 49.0. The maximum Gasteiger partial charge on any atom is 0.420 e. The highest BCUT2D eigenvalue weighted by Gasteiger charge is 2.37. The summed E-state index contributed by atoms with van der Waals surface area (Å²) in [6.07, 6.45) is -6.50. The molecule has 160 valence electrons. The van der Waals surface area contributed by atoms with E-state index >= 15 is 0 Å². The number of aromatic nitrogens is 2. The molecule has 0 aliphatic rings. The lowest BCUT2D eigenvalue weighted by Crippen LogP contribution is -2.20. The van der Waals surface area contributed by atoms with E-state index in [1.807, 2.05) is 0 Å². The Balaban J connectivity index is 2.40. The van der Waals surface area contributed by atoms with Gasteiger partial charge in [-0.25, -0.2) is 0 Å². The molecule has 0 saturated heterocycles. The van der Waals surface area contributed by atoms with Crippen LogP contribution < -0.4 is 5.56 Å². The highest BCUT2D eigenvalue weighted by Crippen LogP contribution is 2.41. The first kappa shape index (κ1) is 21.5. The van der Waals surface area contributed by atoms with Crippen molar-refractivity contribution in [1.82, 2.24) is 9.38 Å². The number of aliphatic hydroxyl groups excluding tert-OH is 1. The second-order valence-electron chi connectivity index (χ2n) is 6.28. The van der Waals surface area contributed by atoms with Crippen LogP contribution in [0.4, 0.5) is 13.2 Å². The van der Waals surface area contributed by atoms with Crippen molar-refractivity contribution in [3.8, 4) is 23.0 Å². The van der Waals surface area contributed by atoms with Crippen LogP contribution in [-0.2, 0) is 6.18 Å². The molecule has 0 bridgehead atoms. The predicted molar refractivity (Wildman–Crippen MR) is 97.9 cm³/mol. The Kier molecular flexibility index (Phi) is 4.99. The van der Waals surface area contributed by atoms with Gasteiger partial charge >= 0.3 is 11.7 Å². The quantitative estimate of drug-likeness (QED) is 0.307. The number of aliphatic hydroxyl groups is 1. The second kappa shape index (κ2) is 6.95. The van der Waals surface area contributed by atoms with Gasteiger partial charge in [-0.05, 0) is 35.0 Å². The number of aromatic hydroxyl groups is 4. The number of phenols is 1. The molecule has 30 heavy (non-hydrogen) atoms. The number of H-pyrrole nitrogens is 1. The Morgan fingerprint density at radius 2 is 1.70 bits per heavy atom. The third-order valence-electron chi connectivity index (χ3n) is 4.30. The standard InChI is InChI=1S/C17H12BrF3N2O7/c1-4(24)8-9(23-15(22-8)13(28)12(27)14(29)16(23)30)10(25)5-2-6(17(19,20)21)11(26)7(18)3-5/h2-4,22,24,26-29H,1H3. The van der Waals surface area contributed by atoms with Crippen LogP contribution in [0, 0.1) is 0 Å². The van der Waals surface area contributed by atoms with E-state index in [4.69, 9.17) is 0 Å². The number of pyridine rings is 1. The number of nitrogens with one attached hydrogen (secondary N) is 1. The highest BCUT2D eigenvalue weighted by molar-refractivity contribution is 9.10. The van der Waals surface area contributed by atoms with Gasteiger partial charge in [0.05, 0.1) is 21.8 Å². The molecule has 0 spiro atoms. The van der Waals surface area contributed by atoms with Gasteiger partial charge < -0.3 is 30.5 Å². The fraction of sp³-hybridized carbons (Fsp3) is 0.176. The molecule has 9 nitrogen and oxygen atoms in total. The largest absolute Gasteiger partial charge is 0.506 e. The molecular formula is C17H12BrF3N2O7. The lowest BCUT2D eigenvalue weighted by atomic mass is 10.0. The highest BCUT2D eigenvalue weighted by atomic mass is 79.9. The van der Waals surface area contributed by atoms with Gasteiger partial charge in [0, 0.05) is 5.56 Å². The molecule has 1 atom stereocenters. The first-order chi connectivity index (χ1) is 13.8. The Morgan fingerprint density at radius 3 is 2.23 bits per heavy atom. The van der Waals surface area contributed by atoms with Gasteiger partial charge in [-0.15, -0.1) is 0 Å². The molecule has 3 rings (SSSR count). The van der Waals surface area contributed by atoms with Crippen molar-refractivity contribution >= 4 is 27.4 Å². The Hall–Kier alpha value is -3.19. The van der Waals surface area contributed by atoms with Crippen molar-refractivity contribution in [1.29, 1.82) is 0 Å². The van der Waals surface area contributed by atoms with Crippen molar-refractivity contribution in [3.05, 3.63) is 49.5 Å². The number of aromatic amines is 1. The van der Waals surface area contributed by atoms with Crippen LogP contribution in [-0.4, -0.2) is 40.7 Å². The SMILES string of the molecule is CC(O)c1[nH]c2c(O)c(O)c(O)c(=O)n2c1C(=O)c1cc(Br)c(O)c(C(F)(F)F)c1. The predicted octanol–water partition coefficient (Wildman–Crippen LogP) is 2.52. The number of hydrogen-bond donors (Lipinski definition) is 6. The smallest absolute Gasteiger partial charge is 0.420 e. The van der Waals surface area contributed by atoms with Gasteiger partial charge in [-0.3, -0.25) is 14.0 Å². The molecule has 0 aliphatic carbocycles. The van der Waals surface area contributed by atoms with E-state index in [1.165, 1.54) is 0 Å². The van der Waals surface area contributed by atoms with E-state index in [-0.39, 0.29) is 5.69 Å². The number of benzene rings is 1. The van der Waals surface area contributed by atoms with Gasteiger partial charge in [0.15, 0.2) is 5.65 Å². The molecule has 1 unspecified atom stereocenters. The summed E-state index contributed by atoms with van der Waals surface area (Å²) in [6.45, 7) is 1.16. The maximum atomic E-state index is 13.2. The van der Waals surface area contributed by atoms with Crippen molar-refractivity contribution in [2.24, 2.45) is 0 Å². The number of hydrogen-bond acceptors (Lipinski definition) is 7. The monoisotopic (exact) mass is 492 g/mol. The van der Waals surface area contributed by atoms with E-state index in [9.17, 15) is 48.3 Å². The Morgan fingerprint density at radius 1 is 1.10 bits per heavy atom. The number of carbonyl (C=O) groups is 1. The number of ketones is 1. The normalized spacial score (nSPS) is 13.0. The molecular weight excluding hydrogens is 481 g/mol. The van der Waals surface area contributed by atoms with Crippen LogP contribution >= 0.6 is 15.9 Å². The molecule has 6 N–H and O–H groups in total. The van der Waals surface area contributed by atoms with Gasteiger partial charge in [0.1, 0.15) is 11.4 Å². The van der Waals surface area contributed by atoms with Crippen LogP contribution in [0.25, 0.3) is 5.65 Å². The van der Waals surface area contributed by atoms with Crippen molar-refractivity contribution < 1.29 is 43.5 Å². The van der Waals surface area contributed by atoms with E-state index in [0.717, 1.165) is 13.0 Å². The third kappa shape index (κ3) is 3.15. The van der Waals surface area contributed by atoms with Crippen molar-refractivity contribution in [2.75, 3.05) is 0 Å². The first-order valence-electron chi connectivity index (χ1n) is 8.01. The zero-order valence-corrected chi connectivity index (χ0v) is 16.3. The van der Waals surface area contributed by atoms with E-state index < -0.39 is 73.6 Å². The number of imidazole rings is 1. The number of nitrogens with zero attached hydrogens (tertiary/aromatic N) is 1. The Labute approximate surface area is 172 Å². The molecule has 0 saturated carbocycles. The molecule has 2 aromatic heterocycles. The summed E-state index contributed by atoms with van der Waals surface area (Å²) in [4.78, 5) is 27.8. The first-order valence-corrected chi connectivity index (χ1v) is 8.80. The van der Waals surface area contributed by atoms with Gasteiger partial charge in [-0.1, -0.05) is 0 Å². The number of phenolic OH excluding ortho intramolecular Hbond substituents is 1. The maximum absolute atomic E-state index is 13.2. The fourth-order valence-corrected chi connectivity index (χ4v) is 3.34. The molecule has 0 fully saturated rings. The number of fused-ring (bicyclic) bond motifs is 1. The second-order valence-corrected chi connectivity index (χ2v) is 7.13. The molecule has 1 aromatic carbocycles. The zero-order valence-electron chi connectivity index (χ0n) is 14.7. The topological polar surface area (TPSA) is 155 Å². The zero-order chi connectivity index (χ0) is 22.7. The van der Waals surface area contributed by atoms with Crippen LogP contribution in [0.2, 0.25) is 0 Å². The minimum Gasteiger partial charge on any atom is -0.506 e. The van der Waals surface area contributed by atoms with Crippen LogP contribution in [0.3, 0.4) is 0 Å². The average Bonchev–Trinajstić information content (AvgIpc) is 3.06. The Bertz CT molecular complexity index is 1260. The number of carbonyl (C=O) groups excluding carboxylic acids is 1. The minimum absolute atomic E-state index is 0.345. The molecule has 0 aliphatic heterocycles. The average molecular weight is 493 g/mol.